The Morgan fingerprint density at radius 3 is 2.67 bits per heavy atom. The van der Waals surface area contributed by atoms with Crippen LogP contribution in [0.5, 0.6) is 5.75 Å². The van der Waals surface area contributed by atoms with Crippen LogP contribution in [0.3, 0.4) is 0 Å². The maximum atomic E-state index is 14.2. The molecule has 4 atom stereocenters. The molecule has 4 unspecified atom stereocenters. The molecule has 2 heterocycles. The molecule has 1 saturated heterocycles. The number of halogens is 1. The summed E-state index contributed by atoms with van der Waals surface area (Å²) in [6.45, 7) is 5.19. The van der Waals surface area contributed by atoms with Gasteiger partial charge in [0.2, 0.25) is 17.8 Å². The Balaban J connectivity index is 1.34. The number of benzene rings is 1. The van der Waals surface area contributed by atoms with Crippen molar-refractivity contribution in [1.29, 1.82) is 0 Å². The summed E-state index contributed by atoms with van der Waals surface area (Å²) >= 11 is 0. The van der Waals surface area contributed by atoms with Gasteiger partial charge in [-0.25, -0.2) is 4.39 Å². The SMILES string of the molecule is CCN1CCCC1CNc1nc(Nc2ccc(OC)c(F)c2)nc(NC2CC3CCC2C3)n1. The highest BCUT2D eigenvalue weighted by atomic mass is 19.1. The van der Waals surface area contributed by atoms with Crippen molar-refractivity contribution >= 4 is 23.5 Å². The van der Waals surface area contributed by atoms with Crippen molar-refractivity contribution in [1.82, 2.24) is 19.9 Å². The zero-order valence-corrected chi connectivity index (χ0v) is 19.5. The Labute approximate surface area is 194 Å². The van der Waals surface area contributed by atoms with E-state index in [9.17, 15) is 4.39 Å². The van der Waals surface area contributed by atoms with Crippen LogP contribution in [0.4, 0.5) is 27.9 Å². The third-order valence-electron chi connectivity index (χ3n) is 7.50. The second-order valence-electron chi connectivity index (χ2n) is 9.51. The van der Waals surface area contributed by atoms with Crippen molar-refractivity contribution in [3.05, 3.63) is 24.0 Å². The first-order valence-electron chi connectivity index (χ1n) is 12.2. The van der Waals surface area contributed by atoms with Crippen molar-refractivity contribution in [2.75, 3.05) is 42.7 Å². The molecule has 0 amide bonds. The minimum Gasteiger partial charge on any atom is -0.494 e. The van der Waals surface area contributed by atoms with Gasteiger partial charge in [0.05, 0.1) is 7.11 Å². The fourth-order valence-electron chi connectivity index (χ4n) is 5.79. The first-order chi connectivity index (χ1) is 16.1. The smallest absolute Gasteiger partial charge is 0.233 e. The van der Waals surface area contributed by atoms with E-state index in [1.54, 1.807) is 12.1 Å². The molecule has 5 rings (SSSR count). The molecule has 178 valence electrons. The monoisotopic (exact) mass is 455 g/mol. The van der Waals surface area contributed by atoms with Gasteiger partial charge in [-0.3, -0.25) is 4.90 Å². The molecule has 3 N–H and O–H groups in total. The van der Waals surface area contributed by atoms with E-state index in [2.05, 4.69) is 42.7 Å². The lowest BCUT2D eigenvalue weighted by atomic mass is 9.95. The molecule has 2 aromatic rings. The quantitative estimate of drug-likeness (QED) is 0.517. The molecule has 2 bridgehead atoms. The van der Waals surface area contributed by atoms with E-state index in [1.807, 2.05) is 0 Å². The number of anilines is 4. The van der Waals surface area contributed by atoms with Crippen molar-refractivity contribution in [3.8, 4) is 5.75 Å². The highest BCUT2D eigenvalue weighted by Crippen LogP contribution is 2.45. The van der Waals surface area contributed by atoms with Gasteiger partial charge < -0.3 is 20.7 Å². The standard InChI is InChI=1S/C24H34FN7O/c1-3-32-10-4-5-18(32)14-26-22-29-23(27-17-8-9-21(33-2)19(25)13-17)31-24(30-22)28-20-12-15-6-7-16(20)11-15/h8-9,13,15-16,18,20H,3-7,10-12,14H2,1-2H3,(H3,26,27,28,29,30,31). The van der Waals surface area contributed by atoms with Gasteiger partial charge in [0.15, 0.2) is 11.6 Å². The van der Waals surface area contributed by atoms with Gasteiger partial charge in [0, 0.05) is 30.4 Å². The van der Waals surface area contributed by atoms with Crippen LogP contribution in [0.15, 0.2) is 18.2 Å². The third kappa shape index (κ3) is 4.98. The topological polar surface area (TPSA) is 87.2 Å². The number of hydrogen-bond donors (Lipinski definition) is 3. The molecule has 2 aliphatic carbocycles. The number of ether oxygens (including phenoxy) is 1. The fraction of sp³-hybridized carbons (Fsp3) is 0.625. The average Bonchev–Trinajstić information content (AvgIpc) is 3.55. The highest BCUT2D eigenvalue weighted by molar-refractivity contribution is 5.57. The molecule has 8 nitrogen and oxygen atoms in total. The minimum absolute atomic E-state index is 0.203. The number of aromatic nitrogens is 3. The lowest BCUT2D eigenvalue weighted by molar-refractivity contribution is 0.277. The summed E-state index contributed by atoms with van der Waals surface area (Å²) < 4.78 is 19.2. The van der Waals surface area contributed by atoms with Crippen LogP contribution < -0.4 is 20.7 Å². The number of likely N-dealkylation sites (tertiary alicyclic amines) is 1. The number of fused-ring (bicyclic) bond motifs is 2. The van der Waals surface area contributed by atoms with Crippen molar-refractivity contribution in [2.24, 2.45) is 11.8 Å². The predicted octanol–water partition coefficient (Wildman–Crippen LogP) is 4.26. The van der Waals surface area contributed by atoms with E-state index < -0.39 is 5.82 Å². The maximum Gasteiger partial charge on any atom is 0.233 e. The molecule has 1 aliphatic heterocycles. The van der Waals surface area contributed by atoms with E-state index in [4.69, 9.17) is 4.74 Å². The molecular formula is C24H34FN7O. The molecule has 33 heavy (non-hydrogen) atoms. The molecule has 3 aliphatic rings. The summed E-state index contributed by atoms with van der Waals surface area (Å²) in [6, 6.07) is 5.62. The second kappa shape index (κ2) is 9.67. The number of hydrogen-bond acceptors (Lipinski definition) is 8. The molecule has 9 heteroatoms. The number of rotatable bonds is 9. The van der Waals surface area contributed by atoms with Crippen LogP contribution in [0.1, 0.15) is 45.4 Å². The summed E-state index contributed by atoms with van der Waals surface area (Å²) in [5.74, 6) is 2.79. The van der Waals surface area contributed by atoms with E-state index in [-0.39, 0.29) is 5.75 Å². The van der Waals surface area contributed by atoms with Crippen molar-refractivity contribution < 1.29 is 9.13 Å². The van der Waals surface area contributed by atoms with Gasteiger partial charge in [-0.2, -0.15) is 15.0 Å². The molecule has 0 radical (unpaired) electrons. The first kappa shape index (κ1) is 22.1. The third-order valence-corrected chi connectivity index (χ3v) is 7.50. The van der Waals surface area contributed by atoms with Gasteiger partial charge in [-0.05, 0) is 69.2 Å². The normalized spacial score (nSPS) is 26.5. The summed E-state index contributed by atoms with van der Waals surface area (Å²) in [5, 5.41) is 10.1. The van der Waals surface area contributed by atoms with E-state index in [0.717, 1.165) is 25.6 Å². The van der Waals surface area contributed by atoms with Crippen LogP contribution in [0.2, 0.25) is 0 Å². The van der Waals surface area contributed by atoms with Gasteiger partial charge in [0.25, 0.3) is 0 Å². The zero-order chi connectivity index (χ0) is 22.8. The average molecular weight is 456 g/mol. The summed E-state index contributed by atoms with van der Waals surface area (Å²) in [4.78, 5) is 16.4. The fourth-order valence-corrected chi connectivity index (χ4v) is 5.79. The van der Waals surface area contributed by atoms with Crippen LogP contribution >= 0.6 is 0 Å². The number of methoxy groups -OCH3 is 1. The van der Waals surface area contributed by atoms with Gasteiger partial charge in [0.1, 0.15) is 0 Å². The Bertz CT molecular complexity index is 974. The van der Waals surface area contributed by atoms with Crippen molar-refractivity contribution in [2.45, 2.75) is 57.5 Å². The number of nitrogens with one attached hydrogen (secondary N) is 3. The summed E-state index contributed by atoms with van der Waals surface area (Å²) in [5.41, 5.74) is 0.560. The molecule has 2 saturated carbocycles. The number of nitrogens with zero attached hydrogens (tertiary/aromatic N) is 4. The lowest BCUT2D eigenvalue weighted by Crippen LogP contribution is -2.35. The molecule has 1 aromatic carbocycles. The summed E-state index contributed by atoms with van der Waals surface area (Å²) in [7, 11) is 1.45. The highest BCUT2D eigenvalue weighted by Gasteiger charge is 2.39. The van der Waals surface area contributed by atoms with E-state index >= 15 is 0 Å². The zero-order valence-electron chi connectivity index (χ0n) is 19.5. The Hall–Kier alpha value is -2.68. The number of likely N-dealkylation sites (N-methyl/N-ethyl adjacent to an activating group) is 1. The van der Waals surface area contributed by atoms with E-state index in [1.165, 1.54) is 51.7 Å². The van der Waals surface area contributed by atoms with Gasteiger partial charge in [-0.15, -0.1) is 0 Å². The summed E-state index contributed by atoms with van der Waals surface area (Å²) in [6.07, 6.45) is 7.52. The Morgan fingerprint density at radius 2 is 1.94 bits per heavy atom. The van der Waals surface area contributed by atoms with E-state index in [0.29, 0.717) is 41.5 Å². The van der Waals surface area contributed by atoms with Crippen LogP contribution in [-0.4, -0.2) is 58.7 Å². The lowest BCUT2D eigenvalue weighted by Gasteiger charge is -2.24. The largest absolute Gasteiger partial charge is 0.494 e. The van der Waals surface area contributed by atoms with Gasteiger partial charge >= 0.3 is 0 Å². The molecular weight excluding hydrogens is 421 g/mol. The minimum atomic E-state index is -0.434. The predicted molar refractivity (Wildman–Crippen MR) is 128 cm³/mol. The van der Waals surface area contributed by atoms with Crippen molar-refractivity contribution in [3.63, 3.8) is 0 Å². The van der Waals surface area contributed by atoms with Crippen LogP contribution in [0.25, 0.3) is 0 Å². The van der Waals surface area contributed by atoms with Gasteiger partial charge in [-0.1, -0.05) is 13.3 Å². The molecule has 3 fully saturated rings. The Kier molecular flexibility index (Phi) is 6.48. The van der Waals surface area contributed by atoms with Crippen LogP contribution in [-0.2, 0) is 0 Å². The maximum absolute atomic E-state index is 14.2. The Morgan fingerprint density at radius 1 is 1.09 bits per heavy atom. The van der Waals surface area contributed by atoms with Crippen LogP contribution in [0, 0.1) is 17.7 Å². The molecule has 1 aromatic heterocycles. The molecule has 0 spiro atoms. The first-order valence-corrected chi connectivity index (χ1v) is 12.2. The second-order valence-corrected chi connectivity index (χ2v) is 9.51.